The van der Waals surface area contributed by atoms with Crippen molar-refractivity contribution < 1.29 is 9.18 Å². The number of nitrogens with zero attached hydrogens (tertiary/aromatic N) is 4. The Labute approximate surface area is 163 Å². The quantitative estimate of drug-likeness (QED) is 0.819. The van der Waals surface area contributed by atoms with Gasteiger partial charge in [-0.15, -0.1) is 5.10 Å². The Kier molecular flexibility index (Phi) is 6.11. The number of amides is 1. The molecule has 1 saturated carbocycles. The van der Waals surface area contributed by atoms with Gasteiger partial charge in [-0.3, -0.25) is 4.79 Å². The second-order valence-corrected chi connectivity index (χ2v) is 7.81. The molecule has 1 amide bonds. The lowest BCUT2D eigenvalue weighted by Gasteiger charge is -2.43. The molecule has 0 atom stereocenters. The van der Waals surface area contributed by atoms with Gasteiger partial charge in [-0.2, -0.15) is 0 Å². The molecule has 1 aliphatic carbocycles. The van der Waals surface area contributed by atoms with Crippen molar-refractivity contribution in [3.05, 3.63) is 46.5 Å². The lowest BCUT2D eigenvalue weighted by Crippen LogP contribution is -2.53. The molecule has 0 aliphatic heterocycles. The number of halogens is 2. The van der Waals surface area contributed by atoms with E-state index in [1.165, 1.54) is 36.1 Å². The summed E-state index contributed by atoms with van der Waals surface area (Å²) in [6.07, 6.45) is 7.36. The molecule has 1 fully saturated rings. The molecule has 6 nitrogen and oxygen atoms in total. The summed E-state index contributed by atoms with van der Waals surface area (Å²) < 4.78 is 14.7. The third kappa shape index (κ3) is 4.65. The van der Waals surface area contributed by atoms with Crippen LogP contribution in [-0.2, 0) is 6.54 Å². The molecular formula is C19H25ClFN5O. The number of likely N-dealkylation sites (N-methyl/N-ethyl adjacent to an activating group) is 1. The van der Waals surface area contributed by atoms with Crippen molar-refractivity contribution in [2.45, 2.75) is 44.2 Å². The molecular weight excluding hydrogens is 369 g/mol. The van der Waals surface area contributed by atoms with E-state index >= 15 is 0 Å². The third-order valence-electron chi connectivity index (χ3n) is 5.43. The molecule has 2 aromatic rings. The van der Waals surface area contributed by atoms with Crippen molar-refractivity contribution >= 4 is 17.5 Å². The van der Waals surface area contributed by atoms with Gasteiger partial charge in [0.25, 0.3) is 5.91 Å². The Morgan fingerprint density at radius 3 is 2.74 bits per heavy atom. The highest BCUT2D eigenvalue weighted by Gasteiger charge is 2.34. The van der Waals surface area contributed by atoms with Crippen LogP contribution in [0.25, 0.3) is 0 Å². The van der Waals surface area contributed by atoms with Gasteiger partial charge >= 0.3 is 0 Å². The van der Waals surface area contributed by atoms with Gasteiger partial charge in [-0.1, -0.05) is 42.1 Å². The molecule has 0 bridgehead atoms. The minimum atomic E-state index is -0.389. The summed E-state index contributed by atoms with van der Waals surface area (Å²) in [6, 6.07) is 4.20. The third-order valence-corrected chi connectivity index (χ3v) is 5.78. The van der Waals surface area contributed by atoms with E-state index in [1.807, 2.05) is 0 Å². The first-order chi connectivity index (χ1) is 12.9. The maximum absolute atomic E-state index is 13.1. The van der Waals surface area contributed by atoms with Gasteiger partial charge in [0.2, 0.25) is 0 Å². The smallest absolute Gasteiger partial charge is 0.273 e. The number of aromatic nitrogens is 3. The van der Waals surface area contributed by atoms with Crippen LogP contribution in [0.15, 0.2) is 24.4 Å². The fraction of sp³-hybridized carbons (Fsp3) is 0.526. The molecule has 1 aliphatic rings. The lowest BCUT2D eigenvalue weighted by atomic mass is 9.80. The summed E-state index contributed by atoms with van der Waals surface area (Å²) in [5, 5.41) is 11.3. The van der Waals surface area contributed by atoms with Gasteiger partial charge in [0, 0.05) is 17.1 Å². The number of hydrogen-bond donors (Lipinski definition) is 1. The molecule has 1 aromatic heterocycles. The molecule has 146 valence electrons. The fourth-order valence-corrected chi connectivity index (χ4v) is 3.86. The average Bonchev–Trinajstić information content (AvgIpc) is 3.11. The van der Waals surface area contributed by atoms with Crippen molar-refractivity contribution in [2.75, 3.05) is 20.6 Å². The summed E-state index contributed by atoms with van der Waals surface area (Å²) in [7, 11) is 4.14. The summed E-state index contributed by atoms with van der Waals surface area (Å²) in [4.78, 5) is 14.7. The molecule has 1 N–H and O–H groups in total. The van der Waals surface area contributed by atoms with E-state index in [4.69, 9.17) is 11.6 Å². The number of carbonyl (C=O) groups excluding carboxylic acids is 1. The molecule has 3 rings (SSSR count). The Morgan fingerprint density at radius 1 is 1.33 bits per heavy atom. The maximum Gasteiger partial charge on any atom is 0.273 e. The molecule has 1 aromatic carbocycles. The Morgan fingerprint density at radius 2 is 2.07 bits per heavy atom. The zero-order valence-electron chi connectivity index (χ0n) is 15.7. The maximum atomic E-state index is 13.1. The van der Waals surface area contributed by atoms with E-state index < -0.39 is 0 Å². The van der Waals surface area contributed by atoms with E-state index in [9.17, 15) is 9.18 Å². The lowest BCUT2D eigenvalue weighted by molar-refractivity contribution is 0.0796. The first-order valence-corrected chi connectivity index (χ1v) is 9.57. The van der Waals surface area contributed by atoms with Crippen molar-refractivity contribution in [1.29, 1.82) is 0 Å². The van der Waals surface area contributed by atoms with Gasteiger partial charge in [-0.05, 0) is 44.6 Å². The molecule has 27 heavy (non-hydrogen) atoms. The standard InChI is InChI=1S/C19H25ClFN5O/c1-25(2)19(8-4-3-5-9-19)13-22-18(27)17-12-26(24-23-17)11-14-6-7-15(21)10-16(14)20/h6-7,10,12H,3-5,8-9,11,13H2,1-2H3,(H,22,27). The van der Waals surface area contributed by atoms with Crippen LogP contribution >= 0.6 is 11.6 Å². The van der Waals surface area contributed by atoms with Crippen LogP contribution in [0.4, 0.5) is 4.39 Å². The van der Waals surface area contributed by atoms with Crippen LogP contribution < -0.4 is 5.32 Å². The second-order valence-electron chi connectivity index (χ2n) is 7.40. The van der Waals surface area contributed by atoms with Gasteiger partial charge < -0.3 is 10.2 Å². The van der Waals surface area contributed by atoms with E-state index in [0.29, 0.717) is 23.7 Å². The van der Waals surface area contributed by atoms with Crippen molar-refractivity contribution in [1.82, 2.24) is 25.2 Å². The minimum absolute atomic E-state index is 0.00550. The van der Waals surface area contributed by atoms with Gasteiger partial charge in [0.1, 0.15) is 5.82 Å². The van der Waals surface area contributed by atoms with Gasteiger partial charge in [0.05, 0.1) is 12.7 Å². The number of carbonyl (C=O) groups is 1. The van der Waals surface area contributed by atoms with Crippen LogP contribution in [0.1, 0.15) is 48.2 Å². The molecule has 8 heteroatoms. The van der Waals surface area contributed by atoms with Crippen molar-refractivity contribution in [3.63, 3.8) is 0 Å². The highest BCUT2D eigenvalue weighted by Crippen LogP contribution is 2.31. The fourth-order valence-electron chi connectivity index (χ4n) is 3.63. The summed E-state index contributed by atoms with van der Waals surface area (Å²) in [6.45, 7) is 0.913. The van der Waals surface area contributed by atoms with Crippen LogP contribution in [-0.4, -0.2) is 52.0 Å². The molecule has 0 spiro atoms. The second kappa shape index (κ2) is 8.35. The molecule has 1 heterocycles. The predicted octanol–water partition coefficient (Wildman–Crippen LogP) is 3.11. The van der Waals surface area contributed by atoms with Crippen LogP contribution in [0.3, 0.4) is 0 Å². The van der Waals surface area contributed by atoms with Gasteiger partial charge in [0.15, 0.2) is 5.69 Å². The van der Waals surface area contributed by atoms with Crippen molar-refractivity contribution in [3.8, 4) is 0 Å². The van der Waals surface area contributed by atoms with E-state index in [1.54, 1.807) is 12.3 Å². The number of rotatable bonds is 6. The predicted molar refractivity (Wildman–Crippen MR) is 102 cm³/mol. The minimum Gasteiger partial charge on any atom is -0.349 e. The SMILES string of the molecule is CN(C)C1(CNC(=O)c2cn(Cc3ccc(F)cc3Cl)nn2)CCCCC1. The molecule has 0 radical (unpaired) electrons. The Bertz CT molecular complexity index is 801. The van der Waals surface area contributed by atoms with Crippen molar-refractivity contribution in [2.24, 2.45) is 0 Å². The summed E-state index contributed by atoms with van der Waals surface area (Å²) in [5.41, 5.74) is 0.979. The van der Waals surface area contributed by atoms with Crippen LogP contribution in [0.2, 0.25) is 5.02 Å². The normalized spacial score (nSPS) is 16.5. The Balaban J connectivity index is 1.62. The zero-order valence-corrected chi connectivity index (χ0v) is 16.5. The largest absolute Gasteiger partial charge is 0.349 e. The molecule has 0 saturated heterocycles. The number of hydrogen-bond acceptors (Lipinski definition) is 4. The highest BCUT2D eigenvalue weighted by molar-refractivity contribution is 6.31. The van der Waals surface area contributed by atoms with Crippen LogP contribution in [0, 0.1) is 5.82 Å². The zero-order chi connectivity index (χ0) is 19.4. The van der Waals surface area contributed by atoms with Crippen LogP contribution in [0.5, 0.6) is 0 Å². The first kappa shape index (κ1) is 19.8. The van der Waals surface area contributed by atoms with E-state index in [0.717, 1.165) is 12.8 Å². The Hall–Kier alpha value is -1.99. The number of benzene rings is 1. The average molecular weight is 394 g/mol. The first-order valence-electron chi connectivity index (χ1n) is 9.19. The molecule has 0 unspecified atom stereocenters. The monoisotopic (exact) mass is 393 g/mol. The highest BCUT2D eigenvalue weighted by atomic mass is 35.5. The topological polar surface area (TPSA) is 63.1 Å². The van der Waals surface area contributed by atoms with E-state index in [-0.39, 0.29) is 23.0 Å². The summed E-state index contributed by atoms with van der Waals surface area (Å²) in [5.74, 6) is -0.627. The van der Waals surface area contributed by atoms with Gasteiger partial charge in [-0.25, -0.2) is 9.07 Å². The van der Waals surface area contributed by atoms with E-state index in [2.05, 4.69) is 34.6 Å². The number of nitrogens with one attached hydrogen (secondary N) is 1. The summed E-state index contributed by atoms with van der Waals surface area (Å²) >= 11 is 6.04.